The Balaban J connectivity index is 1.68. The first-order valence-corrected chi connectivity index (χ1v) is 9.60. The predicted octanol–water partition coefficient (Wildman–Crippen LogP) is 4.55. The monoisotopic (exact) mass is 341 g/mol. The maximum atomic E-state index is 5.73. The Kier molecular flexibility index (Phi) is 6.85. The molecule has 3 heteroatoms. The van der Waals surface area contributed by atoms with Gasteiger partial charge in [-0.05, 0) is 37.7 Å². The van der Waals surface area contributed by atoms with E-state index in [4.69, 9.17) is 9.47 Å². The maximum absolute atomic E-state index is 5.73. The van der Waals surface area contributed by atoms with Crippen LogP contribution in [0.15, 0.2) is 55.1 Å². The van der Waals surface area contributed by atoms with E-state index in [1.807, 2.05) is 6.08 Å². The summed E-state index contributed by atoms with van der Waals surface area (Å²) in [5.74, 6) is 0.541. The SMILES string of the molecule is C=CC[C@@H]1C=C[C@@H](CCC2OCCCO2)N(Cc2ccccc2)[C@H]1C. The molecule has 0 radical (unpaired) electrons. The molecule has 0 spiro atoms. The van der Waals surface area contributed by atoms with Gasteiger partial charge in [-0.15, -0.1) is 6.58 Å². The van der Waals surface area contributed by atoms with Crippen molar-refractivity contribution in [3.05, 3.63) is 60.7 Å². The lowest BCUT2D eigenvalue weighted by atomic mass is 9.88. The van der Waals surface area contributed by atoms with Crippen LogP contribution in [-0.2, 0) is 16.0 Å². The summed E-state index contributed by atoms with van der Waals surface area (Å²) in [7, 11) is 0. The van der Waals surface area contributed by atoms with Gasteiger partial charge < -0.3 is 9.47 Å². The van der Waals surface area contributed by atoms with E-state index in [1.165, 1.54) is 5.56 Å². The molecule has 0 aromatic heterocycles. The Morgan fingerprint density at radius 2 is 1.88 bits per heavy atom. The Morgan fingerprint density at radius 3 is 2.60 bits per heavy atom. The molecule has 1 saturated heterocycles. The highest BCUT2D eigenvalue weighted by Gasteiger charge is 2.30. The Labute approximate surface area is 152 Å². The first-order chi connectivity index (χ1) is 12.3. The minimum atomic E-state index is -0.0260. The van der Waals surface area contributed by atoms with Crippen molar-refractivity contribution < 1.29 is 9.47 Å². The molecule has 1 aromatic carbocycles. The first kappa shape index (κ1) is 18.4. The van der Waals surface area contributed by atoms with Crippen LogP contribution in [0.2, 0.25) is 0 Å². The van der Waals surface area contributed by atoms with Crippen LogP contribution in [0.4, 0.5) is 0 Å². The number of allylic oxidation sites excluding steroid dienone is 1. The molecule has 2 heterocycles. The average molecular weight is 341 g/mol. The molecule has 0 saturated carbocycles. The van der Waals surface area contributed by atoms with Gasteiger partial charge in [0.15, 0.2) is 6.29 Å². The molecule has 1 aromatic rings. The highest BCUT2D eigenvalue weighted by molar-refractivity contribution is 5.17. The fraction of sp³-hybridized carbons (Fsp3) is 0.545. The van der Waals surface area contributed by atoms with Gasteiger partial charge in [-0.2, -0.15) is 0 Å². The summed E-state index contributed by atoms with van der Waals surface area (Å²) in [6, 6.07) is 11.7. The van der Waals surface area contributed by atoms with Crippen LogP contribution in [0.1, 0.15) is 38.2 Å². The van der Waals surface area contributed by atoms with Gasteiger partial charge in [0, 0.05) is 25.0 Å². The van der Waals surface area contributed by atoms with Gasteiger partial charge in [0.2, 0.25) is 0 Å². The predicted molar refractivity (Wildman–Crippen MR) is 102 cm³/mol. The minimum absolute atomic E-state index is 0.0260. The lowest BCUT2D eigenvalue weighted by Gasteiger charge is -2.42. The van der Waals surface area contributed by atoms with Crippen LogP contribution < -0.4 is 0 Å². The summed E-state index contributed by atoms with van der Waals surface area (Å²) in [6.45, 7) is 8.92. The molecule has 2 aliphatic heterocycles. The lowest BCUT2D eigenvalue weighted by molar-refractivity contribution is -0.182. The third kappa shape index (κ3) is 5.04. The third-order valence-electron chi connectivity index (χ3n) is 5.39. The van der Waals surface area contributed by atoms with Gasteiger partial charge in [-0.3, -0.25) is 4.90 Å². The fourth-order valence-corrected chi connectivity index (χ4v) is 3.89. The summed E-state index contributed by atoms with van der Waals surface area (Å²) in [4.78, 5) is 2.63. The van der Waals surface area contributed by atoms with Crippen LogP contribution in [0, 0.1) is 5.92 Å². The summed E-state index contributed by atoms with van der Waals surface area (Å²) in [6.07, 6.45) is 10.9. The van der Waals surface area contributed by atoms with E-state index in [-0.39, 0.29) is 6.29 Å². The zero-order valence-electron chi connectivity index (χ0n) is 15.3. The number of rotatable bonds is 7. The van der Waals surface area contributed by atoms with Crippen LogP contribution in [0.25, 0.3) is 0 Å². The summed E-state index contributed by atoms with van der Waals surface area (Å²) >= 11 is 0. The van der Waals surface area contributed by atoms with Crippen molar-refractivity contribution in [3.8, 4) is 0 Å². The van der Waals surface area contributed by atoms with Crippen molar-refractivity contribution >= 4 is 0 Å². The molecule has 0 N–H and O–H groups in total. The molecular weight excluding hydrogens is 310 g/mol. The lowest BCUT2D eigenvalue weighted by Crippen LogP contribution is -2.46. The topological polar surface area (TPSA) is 21.7 Å². The Morgan fingerprint density at radius 1 is 1.12 bits per heavy atom. The van der Waals surface area contributed by atoms with Crippen molar-refractivity contribution in [3.63, 3.8) is 0 Å². The van der Waals surface area contributed by atoms with E-state index in [9.17, 15) is 0 Å². The van der Waals surface area contributed by atoms with Gasteiger partial charge in [0.25, 0.3) is 0 Å². The van der Waals surface area contributed by atoms with Crippen LogP contribution in [0.5, 0.6) is 0 Å². The number of benzene rings is 1. The molecule has 2 aliphatic rings. The van der Waals surface area contributed by atoms with E-state index in [1.54, 1.807) is 0 Å². The van der Waals surface area contributed by atoms with Crippen LogP contribution in [-0.4, -0.2) is 36.5 Å². The largest absolute Gasteiger partial charge is 0.353 e. The van der Waals surface area contributed by atoms with Crippen LogP contribution >= 0.6 is 0 Å². The second-order valence-electron chi connectivity index (χ2n) is 7.14. The standard InChI is InChI=1S/C22H31NO2/c1-3-8-20-11-12-21(13-14-22-24-15-7-16-25-22)23(18(20)2)17-19-9-5-4-6-10-19/h3-6,9-12,18,20-22H,1,7-8,13-17H2,2H3/t18-,20+,21-/m0/s1. The molecule has 3 nitrogen and oxygen atoms in total. The van der Waals surface area contributed by atoms with Gasteiger partial charge in [-0.25, -0.2) is 0 Å². The number of ether oxygens (including phenoxy) is 2. The quantitative estimate of drug-likeness (QED) is 0.679. The highest BCUT2D eigenvalue weighted by atomic mass is 16.7. The van der Waals surface area contributed by atoms with E-state index >= 15 is 0 Å². The van der Waals surface area contributed by atoms with E-state index in [0.717, 1.165) is 45.4 Å². The third-order valence-corrected chi connectivity index (χ3v) is 5.39. The normalized spacial score (nSPS) is 28.1. The zero-order valence-corrected chi connectivity index (χ0v) is 15.3. The molecule has 0 bridgehead atoms. The molecule has 25 heavy (non-hydrogen) atoms. The minimum Gasteiger partial charge on any atom is -0.353 e. The van der Waals surface area contributed by atoms with Crippen LogP contribution in [0.3, 0.4) is 0 Å². The molecule has 3 atom stereocenters. The second-order valence-corrected chi connectivity index (χ2v) is 7.14. The molecule has 0 unspecified atom stereocenters. The van der Waals surface area contributed by atoms with E-state index < -0.39 is 0 Å². The summed E-state index contributed by atoms with van der Waals surface area (Å²) < 4.78 is 11.5. The molecular formula is C22H31NO2. The summed E-state index contributed by atoms with van der Waals surface area (Å²) in [5, 5.41) is 0. The Hall–Kier alpha value is -1.42. The van der Waals surface area contributed by atoms with Gasteiger partial charge in [0.05, 0.1) is 13.2 Å². The smallest absolute Gasteiger partial charge is 0.157 e. The van der Waals surface area contributed by atoms with Gasteiger partial charge in [-0.1, -0.05) is 48.6 Å². The number of hydrogen-bond donors (Lipinski definition) is 0. The highest BCUT2D eigenvalue weighted by Crippen LogP contribution is 2.29. The maximum Gasteiger partial charge on any atom is 0.157 e. The molecule has 1 fully saturated rings. The first-order valence-electron chi connectivity index (χ1n) is 9.60. The molecule has 0 amide bonds. The van der Waals surface area contributed by atoms with Gasteiger partial charge in [0.1, 0.15) is 0 Å². The summed E-state index contributed by atoms with van der Waals surface area (Å²) in [5.41, 5.74) is 1.37. The molecule has 3 rings (SSSR count). The van der Waals surface area contributed by atoms with E-state index in [0.29, 0.717) is 18.0 Å². The number of hydrogen-bond acceptors (Lipinski definition) is 3. The Bertz CT molecular complexity index is 550. The zero-order chi connectivity index (χ0) is 17.5. The van der Waals surface area contributed by atoms with Crippen molar-refractivity contribution in [2.45, 2.75) is 57.5 Å². The van der Waals surface area contributed by atoms with Crippen molar-refractivity contribution in [2.24, 2.45) is 5.92 Å². The molecule has 0 aliphatic carbocycles. The van der Waals surface area contributed by atoms with E-state index in [2.05, 4.69) is 60.9 Å². The van der Waals surface area contributed by atoms with Crippen molar-refractivity contribution in [2.75, 3.05) is 13.2 Å². The second kappa shape index (κ2) is 9.33. The fourth-order valence-electron chi connectivity index (χ4n) is 3.89. The van der Waals surface area contributed by atoms with Gasteiger partial charge >= 0.3 is 0 Å². The van der Waals surface area contributed by atoms with Crippen molar-refractivity contribution in [1.82, 2.24) is 4.90 Å². The molecule has 136 valence electrons. The average Bonchev–Trinajstić information content (AvgIpc) is 2.66. The van der Waals surface area contributed by atoms with Crippen molar-refractivity contribution in [1.29, 1.82) is 0 Å². The number of nitrogens with zero attached hydrogens (tertiary/aromatic N) is 1.